The van der Waals surface area contributed by atoms with Crippen molar-refractivity contribution in [2.75, 3.05) is 4.72 Å². The summed E-state index contributed by atoms with van der Waals surface area (Å²) in [7, 11) is -7.62. The van der Waals surface area contributed by atoms with Crippen LogP contribution >= 0.6 is 0 Å². The highest BCUT2D eigenvalue weighted by Gasteiger charge is 2.28. The fraction of sp³-hybridized carbons (Fsp3) is 0.350. The molecule has 0 amide bonds. The van der Waals surface area contributed by atoms with E-state index < -0.39 is 43.2 Å². The van der Waals surface area contributed by atoms with Gasteiger partial charge in [-0.05, 0) is 50.1 Å². The summed E-state index contributed by atoms with van der Waals surface area (Å²) in [5.41, 5.74) is 1.12. The van der Waals surface area contributed by atoms with Crippen molar-refractivity contribution in [3.8, 4) is 0 Å². The van der Waals surface area contributed by atoms with E-state index in [0.29, 0.717) is 27.6 Å². The Kier molecular flexibility index (Phi) is 6.05. The molecule has 0 aliphatic heterocycles. The molecule has 11 heteroatoms. The fourth-order valence-corrected chi connectivity index (χ4v) is 5.03. The van der Waals surface area contributed by atoms with E-state index in [9.17, 15) is 26.7 Å². The van der Waals surface area contributed by atoms with E-state index in [0.717, 1.165) is 0 Å². The molecule has 31 heavy (non-hydrogen) atoms. The van der Waals surface area contributed by atoms with Crippen LogP contribution in [-0.4, -0.2) is 39.2 Å². The Morgan fingerprint density at radius 2 is 1.61 bits per heavy atom. The third-order valence-electron chi connectivity index (χ3n) is 4.85. The molecule has 3 rings (SSSR count). The highest BCUT2D eigenvalue weighted by atomic mass is 32.2. The Morgan fingerprint density at radius 3 is 2.19 bits per heavy atom. The second kappa shape index (κ2) is 8.13. The second-order valence-electron chi connectivity index (χ2n) is 7.85. The lowest BCUT2D eigenvalue weighted by molar-refractivity contribution is -0.140. The predicted molar refractivity (Wildman–Crippen MR) is 118 cm³/mol. The summed E-state index contributed by atoms with van der Waals surface area (Å²) in [5.74, 6) is -1.71. The van der Waals surface area contributed by atoms with Crippen LogP contribution in [0.25, 0.3) is 21.9 Å². The van der Waals surface area contributed by atoms with E-state index in [1.54, 1.807) is 39.8 Å². The number of furan rings is 1. The molecule has 0 saturated carbocycles. The Bertz CT molecular complexity index is 1360. The van der Waals surface area contributed by atoms with Gasteiger partial charge < -0.3 is 9.52 Å². The van der Waals surface area contributed by atoms with Crippen molar-refractivity contribution in [3.05, 3.63) is 36.4 Å². The summed E-state index contributed by atoms with van der Waals surface area (Å²) in [5, 5.41) is 9.78. The van der Waals surface area contributed by atoms with Crippen molar-refractivity contribution in [2.24, 2.45) is 5.92 Å². The van der Waals surface area contributed by atoms with Gasteiger partial charge in [-0.15, -0.1) is 0 Å². The first-order valence-corrected chi connectivity index (χ1v) is 12.6. The van der Waals surface area contributed by atoms with Crippen LogP contribution in [0.15, 0.2) is 45.7 Å². The number of nitrogens with one attached hydrogen (secondary N) is 2. The van der Waals surface area contributed by atoms with Crippen molar-refractivity contribution in [3.63, 3.8) is 0 Å². The summed E-state index contributed by atoms with van der Waals surface area (Å²) < 4.78 is 60.1. The summed E-state index contributed by atoms with van der Waals surface area (Å²) in [6.07, 6.45) is 0. The van der Waals surface area contributed by atoms with E-state index in [4.69, 9.17) is 4.42 Å². The maximum Gasteiger partial charge on any atom is 0.322 e. The standard InChI is InChI=1S/C20H24N2O7S2/c1-11(2)19(20(23)24)22-31(27,28)14-6-8-17-16(10-14)15-7-5-13(9-18(15)29-17)21-30(25,26)12(3)4/h5-12,19,21-22H,1-4H3,(H,23,24)/t19-/m0/s1. The lowest BCUT2D eigenvalue weighted by atomic mass is 10.1. The summed E-state index contributed by atoms with van der Waals surface area (Å²) in [6, 6.07) is 7.68. The van der Waals surface area contributed by atoms with Gasteiger partial charge in [0.05, 0.1) is 15.8 Å². The molecule has 0 bridgehead atoms. The summed E-state index contributed by atoms with van der Waals surface area (Å²) in [4.78, 5) is 11.3. The highest BCUT2D eigenvalue weighted by molar-refractivity contribution is 7.93. The minimum absolute atomic E-state index is 0.0980. The molecule has 3 aromatic rings. The van der Waals surface area contributed by atoms with Gasteiger partial charge in [-0.3, -0.25) is 9.52 Å². The summed E-state index contributed by atoms with van der Waals surface area (Å²) >= 11 is 0. The van der Waals surface area contributed by atoms with Gasteiger partial charge in [0.2, 0.25) is 20.0 Å². The first-order valence-electron chi connectivity index (χ1n) is 9.55. The molecule has 0 saturated heterocycles. The smallest absolute Gasteiger partial charge is 0.322 e. The van der Waals surface area contributed by atoms with E-state index in [1.165, 1.54) is 24.3 Å². The first-order chi connectivity index (χ1) is 14.3. The van der Waals surface area contributed by atoms with Crippen LogP contribution in [0.5, 0.6) is 0 Å². The molecule has 0 spiro atoms. The minimum Gasteiger partial charge on any atom is -0.480 e. The van der Waals surface area contributed by atoms with Crippen LogP contribution in [0.4, 0.5) is 5.69 Å². The van der Waals surface area contributed by atoms with Crippen molar-refractivity contribution < 1.29 is 31.2 Å². The maximum absolute atomic E-state index is 12.7. The lowest BCUT2D eigenvalue weighted by Gasteiger charge is -2.17. The SMILES string of the molecule is CC(C)[C@H](NS(=O)(=O)c1ccc2oc3cc(NS(=O)(=O)C(C)C)ccc3c2c1)C(=O)O. The van der Waals surface area contributed by atoms with Gasteiger partial charge in [-0.2, -0.15) is 4.72 Å². The quantitative estimate of drug-likeness (QED) is 0.461. The molecule has 1 heterocycles. The zero-order valence-electron chi connectivity index (χ0n) is 17.4. The third kappa shape index (κ3) is 4.68. The topological polar surface area (TPSA) is 143 Å². The minimum atomic E-state index is -4.09. The zero-order valence-corrected chi connectivity index (χ0v) is 19.0. The number of fused-ring (bicyclic) bond motifs is 3. The Hall–Kier alpha value is -2.63. The molecule has 2 aromatic carbocycles. The molecule has 1 atom stereocenters. The van der Waals surface area contributed by atoms with Gasteiger partial charge in [0, 0.05) is 16.8 Å². The number of benzene rings is 2. The predicted octanol–water partition coefficient (Wildman–Crippen LogP) is 3.12. The van der Waals surface area contributed by atoms with Crippen LogP contribution in [0, 0.1) is 5.92 Å². The Morgan fingerprint density at radius 1 is 0.935 bits per heavy atom. The number of carboxylic acid groups (broad SMARTS) is 1. The average Bonchev–Trinajstić information content (AvgIpc) is 3.02. The Balaban J connectivity index is 2.02. The third-order valence-corrected chi connectivity index (χ3v) is 8.05. The van der Waals surface area contributed by atoms with Crippen molar-refractivity contribution in [1.82, 2.24) is 4.72 Å². The van der Waals surface area contributed by atoms with Gasteiger partial charge >= 0.3 is 5.97 Å². The van der Waals surface area contributed by atoms with E-state index in [1.807, 2.05) is 0 Å². The van der Waals surface area contributed by atoms with Crippen molar-refractivity contribution in [1.29, 1.82) is 0 Å². The van der Waals surface area contributed by atoms with Crippen LogP contribution in [0.3, 0.4) is 0 Å². The maximum atomic E-state index is 12.7. The highest BCUT2D eigenvalue weighted by Crippen LogP contribution is 2.32. The fourth-order valence-electron chi connectivity index (χ4n) is 2.98. The van der Waals surface area contributed by atoms with Crippen molar-refractivity contribution in [2.45, 2.75) is 43.9 Å². The molecule has 0 radical (unpaired) electrons. The van der Waals surface area contributed by atoms with Crippen LogP contribution in [-0.2, 0) is 24.8 Å². The van der Waals surface area contributed by atoms with Gasteiger partial charge in [0.15, 0.2) is 0 Å². The number of rotatable bonds is 8. The molecule has 9 nitrogen and oxygen atoms in total. The molecule has 0 aliphatic carbocycles. The monoisotopic (exact) mass is 468 g/mol. The molecular formula is C20H24N2O7S2. The molecular weight excluding hydrogens is 444 g/mol. The van der Waals surface area contributed by atoms with Gasteiger partial charge in [0.1, 0.15) is 17.2 Å². The number of aliphatic carboxylic acids is 1. The molecule has 0 fully saturated rings. The normalized spacial score (nSPS) is 13.9. The van der Waals surface area contributed by atoms with Gasteiger partial charge in [0.25, 0.3) is 0 Å². The molecule has 168 valence electrons. The number of sulfonamides is 2. The number of anilines is 1. The van der Waals surface area contributed by atoms with E-state index in [-0.39, 0.29) is 4.90 Å². The van der Waals surface area contributed by atoms with Crippen LogP contribution < -0.4 is 9.44 Å². The van der Waals surface area contributed by atoms with Crippen LogP contribution in [0.1, 0.15) is 27.7 Å². The van der Waals surface area contributed by atoms with Crippen molar-refractivity contribution >= 4 is 53.6 Å². The van der Waals surface area contributed by atoms with E-state index in [2.05, 4.69) is 9.44 Å². The number of hydrogen-bond acceptors (Lipinski definition) is 6. The second-order valence-corrected chi connectivity index (χ2v) is 11.8. The number of hydrogen-bond donors (Lipinski definition) is 3. The molecule has 1 aromatic heterocycles. The zero-order chi connectivity index (χ0) is 23.1. The number of carboxylic acids is 1. The average molecular weight is 469 g/mol. The van der Waals surface area contributed by atoms with Gasteiger partial charge in [-0.1, -0.05) is 13.8 Å². The molecule has 3 N–H and O–H groups in total. The van der Waals surface area contributed by atoms with Gasteiger partial charge in [-0.25, -0.2) is 16.8 Å². The largest absolute Gasteiger partial charge is 0.480 e. The number of carbonyl (C=O) groups is 1. The Labute approximate surface area is 180 Å². The lowest BCUT2D eigenvalue weighted by Crippen LogP contribution is -2.44. The first kappa shape index (κ1) is 23.0. The molecule has 0 unspecified atom stereocenters. The van der Waals surface area contributed by atoms with Crippen LogP contribution in [0.2, 0.25) is 0 Å². The summed E-state index contributed by atoms with van der Waals surface area (Å²) in [6.45, 7) is 6.34. The molecule has 0 aliphatic rings. The van der Waals surface area contributed by atoms with E-state index >= 15 is 0 Å².